The lowest BCUT2D eigenvalue weighted by molar-refractivity contribution is -0.120. The van der Waals surface area contributed by atoms with Gasteiger partial charge in [-0.1, -0.05) is 6.07 Å². The van der Waals surface area contributed by atoms with Crippen LogP contribution in [0.4, 0.5) is 10.2 Å². The van der Waals surface area contributed by atoms with Crippen molar-refractivity contribution in [1.82, 2.24) is 14.9 Å². The monoisotopic (exact) mass is 484 g/mol. The Labute approximate surface area is 186 Å². The fourth-order valence-electron chi connectivity index (χ4n) is 3.48. The van der Waals surface area contributed by atoms with Gasteiger partial charge in [0.1, 0.15) is 23.4 Å². The Bertz CT molecular complexity index is 1140. The predicted octanol–water partition coefficient (Wildman–Crippen LogP) is 4.11. The maximum atomic E-state index is 14.2. The van der Waals surface area contributed by atoms with E-state index in [0.717, 1.165) is 0 Å². The molecule has 7 nitrogen and oxygen atoms in total. The standard InChI is InChI=1S/C22H18BrFN4O3/c1-2-31-18-7-6-14(24)10-16(18)20(21(29)27-19-5-3-4-8-25-19)28-12-17-15(22(28)30)9-13(23)11-26-17/h3-11,20H,2,12H2,1H3,(H,25,27,29). The summed E-state index contributed by atoms with van der Waals surface area (Å²) >= 11 is 3.32. The summed E-state index contributed by atoms with van der Waals surface area (Å²) in [5.41, 5.74) is 1.17. The van der Waals surface area contributed by atoms with E-state index < -0.39 is 17.8 Å². The second kappa shape index (κ2) is 8.81. The van der Waals surface area contributed by atoms with Crippen molar-refractivity contribution in [3.05, 3.63) is 82.0 Å². The first-order valence-corrected chi connectivity index (χ1v) is 10.4. The molecule has 1 atom stereocenters. The van der Waals surface area contributed by atoms with Gasteiger partial charge in [-0.25, -0.2) is 9.37 Å². The highest BCUT2D eigenvalue weighted by Crippen LogP contribution is 2.36. The van der Waals surface area contributed by atoms with Crippen LogP contribution in [-0.2, 0) is 11.3 Å². The van der Waals surface area contributed by atoms with E-state index in [9.17, 15) is 14.0 Å². The quantitative estimate of drug-likeness (QED) is 0.568. The van der Waals surface area contributed by atoms with E-state index in [-0.39, 0.29) is 18.0 Å². The topological polar surface area (TPSA) is 84.4 Å². The van der Waals surface area contributed by atoms with E-state index in [1.54, 1.807) is 37.4 Å². The average Bonchev–Trinajstić information content (AvgIpc) is 3.07. The van der Waals surface area contributed by atoms with Crippen molar-refractivity contribution >= 4 is 33.6 Å². The van der Waals surface area contributed by atoms with E-state index in [0.29, 0.717) is 33.9 Å². The number of fused-ring (bicyclic) bond motifs is 1. The first-order valence-electron chi connectivity index (χ1n) is 9.57. The third-order valence-corrected chi connectivity index (χ3v) is 5.22. The summed E-state index contributed by atoms with van der Waals surface area (Å²) in [6, 6.07) is 9.50. The first kappa shape index (κ1) is 20.9. The summed E-state index contributed by atoms with van der Waals surface area (Å²) in [6.07, 6.45) is 3.13. The number of halogens is 2. The van der Waals surface area contributed by atoms with Crippen LogP contribution in [0.25, 0.3) is 0 Å². The molecule has 9 heteroatoms. The van der Waals surface area contributed by atoms with Crippen molar-refractivity contribution < 1.29 is 18.7 Å². The molecule has 0 radical (unpaired) electrons. The third kappa shape index (κ3) is 4.27. The Hall–Kier alpha value is -3.33. The van der Waals surface area contributed by atoms with Gasteiger partial charge in [0, 0.05) is 22.4 Å². The molecule has 31 heavy (non-hydrogen) atoms. The fraction of sp³-hybridized carbons (Fsp3) is 0.182. The Kier molecular flexibility index (Phi) is 5.94. The van der Waals surface area contributed by atoms with Gasteiger partial charge in [-0.2, -0.15) is 0 Å². The maximum absolute atomic E-state index is 14.2. The van der Waals surface area contributed by atoms with Crippen molar-refractivity contribution in [2.75, 3.05) is 11.9 Å². The number of carbonyl (C=O) groups is 2. The summed E-state index contributed by atoms with van der Waals surface area (Å²) in [7, 11) is 0. The smallest absolute Gasteiger partial charge is 0.257 e. The molecule has 3 heterocycles. The lowest BCUT2D eigenvalue weighted by Crippen LogP contribution is -2.38. The van der Waals surface area contributed by atoms with Crippen LogP contribution in [0.1, 0.15) is 34.6 Å². The van der Waals surface area contributed by atoms with Crippen LogP contribution in [0.3, 0.4) is 0 Å². The Morgan fingerprint density at radius 3 is 2.87 bits per heavy atom. The fourth-order valence-corrected chi connectivity index (χ4v) is 3.81. The zero-order chi connectivity index (χ0) is 22.0. The number of nitrogens with one attached hydrogen (secondary N) is 1. The van der Waals surface area contributed by atoms with Crippen LogP contribution in [0.2, 0.25) is 0 Å². The van der Waals surface area contributed by atoms with Gasteiger partial charge in [0.15, 0.2) is 0 Å². The molecule has 4 rings (SSSR count). The Morgan fingerprint density at radius 1 is 1.29 bits per heavy atom. The van der Waals surface area contributed by atoms with Crippen molar-refractivity contribution in [2.24, 2.45) is 0 Å². The number of benzene rings is 1. The van der Waals surface area contributed by atoms with Crippen LogP contribution in [0, 0.1) is 5.82 Å². The molecule has 0 spiro atoms. The van der Waals surface area contributed by atoms with Gasteiger partial charge in [0.2, 0.25) is 0 Å². The molecule has 0 aliphatic carbocycles. The summed E-state index contributed by atoms with van der Waals surface area (Å²) in [5, 5.41) is 2.71. The molecule has 2 aromatic heterocycles. The van der Waals surface area contributed by atoms with Gasteiger partial charge in [-0.15, -0.1) is 0 Å². The first-order chi connectivity index (χ1) is 15.0. The zero-order valence-electron chi connectivity index (χ0n) is 16.5. The number of hydrogen-bond donors (Lipinski definition) is 1. The number of hydrogen-bond acceptors (Lipinski definition) is 5. The molecule has 0 saturated heterocycles. The normalized spacial score (nSPS) is 13.6. The van der Waals surface area contributed by atoms with Gasteiger partial charge in [-0.3, -0.25) is 14.6 Å². The molecule has 1 N–H and O–H groups in total. The molecule has 0 saturated carbocycles. The molecule has 1 aromatic carbocycles. The van der Waals surface area contributed by atoms with Crippen LogP contribution in [-0.4, -0.2) is 33.3 Å². The largest absolute Gasteiger partial charge is 0.493 e. The summed E-state index contributed by atoms with van der Waals surface area (Å²) in [4.78, 5) is 36.4. The van der Waals surface area contributed by atoms with E-state index in [4.69, 9.17) is 4.74 Å². The molecule has 1 aliphatic rings. The van der Waals surface area contributed by atoms with E-state index in [2.05, 4.69) is 31.2 Å². The molecule has 0 bridgehead atoms. The minimum absolute atomic E-state index is 0.101. The van der Waals surface area contributed by atoms with Crippen molar-refractivity contribution in [3.63, 3.8) is 0 Å². The van der Waals surface area contributed by atoms with Crippen molar-refractivity contribution in [2.45, 2.75) is 19.5 Å². The number of ether oxygens (including phenoxy) is 1. The van der Waals surface area contributed by atoms with Gasteiger partial charge in [0.05, 0.1) is 24.4 Å². The maximum Gasteiger partial charge on any atom is 0.257 e. The second-order valence-corrected chi connectivity index (χ2v) is 7.72. The molecule has 2 amide bonds. The number of amides is 2. The van der Waals surface area contributed by atoms with Crippen LogP contribution >= 0.6 is 15.9 Å². The van der Waals surface area contributed by atoms with Crippen LogP contribution in [0.5, 0.6) is 5.75 Å². The average molecular weight is 485 g/mol. The lowest BCUT2D eigenvalue weighted by Gasteiger charge is -2.28. The number of carbonyl (C=O) groups excluding carboxylic acids is 2. The SMILES string of the molecule is CCOc1ccc(F)cc1C(C(=O)Nc1ccccn1)N1Cc2ncc(Br)cc2C1=O. The molecule has 3 aromatic rings. The number of aromatic nitrogens is 2. The molecular weight excluding hydrogens is 467 g/mol. The van der Waals surface area contributed by atoms with Gasteiger partial charge in [0.25, 0.3) is 11.8 Å². The Balaban J connectivity index is 1.78. The highest BCUT2D eigenvalue weighted by Gasteiger charge is 2.40. The number of anilines is 1. The van der Waals surface area contributed by atoms with E-state index in [1.807, 2.05) is 0 Å². The van der Waals surface area contributed by atoms with E-state index in [1.165, 1.54) is 29.3 Å². The summed E-state index contributed by atoms with van der Waals surface area (Å²) in [5.74, 6) is -0.818. The third-order valence-electron chi connectivity index (χ3n) is 4.79. The summed E-state index contributed by atoms with van der Waals surface area (Å²) in [6.45, 7) is 2.20. The lowest BCUT2D eigenvalue weighted by atomic mass is 10.0. The predicted molar refractivity (Wildman–Crippen MR) is 115 cm³/mol. The van der Waals surface area contributed by atoms with Crippen molar-refractivity contribution in [1.29, 1.82) is 0 Å². The molecule has 1 aliphatic heterocycles. The molecule has 158 valence electrons. The Morgan fingerprint density at radius 2 is 2.13 bits per heavy atom. The zero-order valence-corrected chi connectivity index (χ0v) is 18.1. The highest BCUT2D eigenvalue weighted by molar-refractivity contribution is 9.10. The number of nitrogens with zero attached hydrogens (tertiary/aromatic N) is 3. The van der Waals surface area contributed by atoms with Gasteiger partial charge in [-0.05, 0) is 59.3 Å². The molecular formula is C22H18BrFN4O3. The van der Waals surface area contributed by atoms with Crippen LogP contribution in [0.15, 0.2) is 59.3 Å². The van der Waals surface area contributed by atoms with Gasteiger partial charge >= 0.3 is 0 Å². The minimum atomic E-state index is -1.15. The minimum Gasteiger partial charge on any atom is -0.493 e. The molecule has 0 fully saturated rings. The van der Waals surface area contributed by atoms with E-state index >= 15 is 0 Å². The summed E-state index contributed by atoms with van der Waals surface area (Å²) < 4.78 is 20.5. The van der Waals surface area contributed by atoms with Gasteiger partial charge < -0.3 is 15.0 Å². The highest BCUT2D eigenvalue weighted by atomic mass is 79.9. The second-order valence-electron chi connectivity index (χ2n) is 6.80. The molecule has 1 unspecified atom stereocenters. The van der Waals surface area contributed by atoms with Crippen LogP contribution < -0.4 is 10.1 Å². The number of rotatable bonds is 6. The number of pyridine rings is 2. The van der Waals surface area contributed by atoms with Crippen molar-refractivity contribution in [3.8, 4) is 5.75 Å².